The fourth-order valence-electron chi connectivity index (χ4n) is 3.65. The molecule has 3 rings (SSSR count). The van der Waals surface area contributed by atoms with Gasteiger partial charge in [-0.1, -0.05) is 26.0 Å². The van der Waals surface area contributed by atoms with Gasteiger partial charge >= 0.3 is 0 Å². The lowest BCUT2D eigenvalue weighted by molar-refractivity contribution is -0.139. The van der Waals surface area contributed by atoms with Crippen molar-refractivity contribution >= 4 is 17.5 Å². The van der Waals surface area contributed by atoms with Gasteiger partial charge in [0.2, 0.25) is 11.8 Å². The van der Waals surface area contributed by atoms with Crippen molar-refractivity contribution in [2.45, 2.75) is 32.6 Å². The first-order chi connectivity index (χ1) is 11.5. The zero-order chi connectivity index (χ0) is 17.3. The molecular weight excluding hydrogens is 302 g/mol. The Morgan fingerprint density at radius 2 is 1.92 bits per heavy atom. The van der Waals surface area contributed by atoms with Crippen LogP contribution < -0.4 is 10.6 Å². The Bertz CT molecular complexity index is 612. The Morgan fingerprint density at radius 1 is 1.21 bits per heavy atom. The molecule has 0 radical (unpaired) electrons. The van der Waals surface area contributed by atoms with E-state index < -0.39 is 5.92 Å². The monoisotopic (exact) mass is 329 g/mol. The highest BCUT2D eigenvalue weighted by molar-refractivity contribution is 6.09. The van der Waals surface area contributed by atoms with Crippen molar-refractivity contribution in [3.05, 3.63) is 29.8 Å². The minimum Gasteiger partial charge on any atom is -0.342 e. The van der Waals surface area contributed by atoms with E-state index >= 15 is 0 Å². The highest BCUT2D eigenvalue weighted by Crippen LogP contribution is 2.29. The molecule has 2 aliphatic heterocycles. The van der Waals surface area contributed by atoms with Crippen molar-refractivity contribution < 1.29 is 9.59 Å². The van der Waals surface area contributed by atoms with Crippen LogP contribution >= 0.6 is 0 Å². The van der Waals surface area contributed by atoms with Crippen LogP contribution in [-0.2, 0) is 9.59 Å². The van der Waals surface area contributed by atoms with Crippen LogP contribution in [0.4, 0.5) is 5.69 Å². The highest BCUT2D eigenvalue weighted by atomic mass is 16.2. The molecule has 0 aromatic heterocycles. The van der Waals surface area contributed by atoms with Crippen LogP contribution in [0, 0.1) is 11.8 Å². The van der Waals surface area contributed by atoms with Gasteiger partial charge in [-0.05, 0) is 48.9 Å². The SMILES string of the molecule is CC(C)c1ccc(N2CCC(C(=O)N3CCC(CN)C3)C2=O)cc1. The Hall–Kier alpha value is -1.88. The van der Waals surface area contributed by atoms with E-state index in [-0.39, 0.29) is 11.8 Å². The predicted molar refractivity (Wildman–Crippen MR) is 94.7 cm³/mol. The molecule has 2 N–H and O–H groups in total. The van der Waals surface area contributed by atoms with Gasteiger partial charge in [0.25, 0.3) is 0 Å². The maximum atomic E-state index is 12.7. The Labute approximate surface area is 143 Å². The summed E-state index contributed by atoms with van der Waals surface area (Å²) in [6.45, 7) is 6.95. The van der Waals surface area contributed by atoms with E-state index in [4.69, 9.17) is 5.73 Å². The van der Waals surface area contributed by atoms with Gasteiger partial charge in [-0.2, -0.15) is 0 Å². The Kier molecular flexibility index (Phi) is 4.90. The minimum atomic E-state index is -0.522. The number of rotatable bonds is 4. The van der Waals surface area contributed by atoms with E-state index in [1.807, 2.05) is 17.0 Å². The second-order valence-electron chi connectivity index (χ2n) is 7.25. The molecule has 0 saturated carbocycles. The van der Waals surface area contributed by atoms with Crippen molar-refractivity contribution in [1.29, 1.82) is 0 Å². The maximum Gasteiger partial charge on any atom is 0.239 e. The third-order valence-corrected chi connectivity index (χ3v) is 5.31. The van der Waals surface area contributed by atoms with E-state index in [0.717, 1.165) is 18.7 Å². The van der Waals surface area contributed by atoms with Crippen LogP contribution in [0.1, 0.15) is 38.2 Å². The highest BCUT2D eigenvalue weighted by Gasteiger charge is 2.41. The number of carbonyl (C=O) groups excluding carboxylic acids is 2. The van der Waals surface area contributed by atoms with Crippen LogP contribution in [0.3, 0.4) is 0 Å². The minimum absolute atomic E-state index is 0.0164. The van der Waals surface area contributed by atoms with Gasteiger partial charge in [0.1, 0.15) is 5.92 Å². The molecule has 130 valence electrons. The van der Waals surface area contributed by atoms with E-state index in [9.17, 15) is 9.59 Å². The van der Waals surface area contributed by atoms with Crippen molar-refractivity contribution in [3.63, 3.8) is 0 Å². The van der Waals surface area contributed by atoms with Gasteiger partial charge in [0.05, 0.1) is 0 Å². The van der Waals surface area contributed by atoms with Crippen molar-refractivity contribution in [1.82, 2.24) is 4.90 Å². The zero-order valence-electron chi connectivity index (χ0n) is 14.6. The number of likely N-dealkylation sites (tertiary alicyclic amines) is 1. The molecule has 2 saturated heterocycles. The van der Waals surface area contributed by atoms with Gasteiger partial charge < -0.3 is 15.5 Å². The largest absolute Gasteiger partial charge is 0.342 e. The molecule has 5 nitrogen and oxygen atoms in total. The lowest BCUT2D eigenvalue weighted by Gasteiger charge is -2.21. The van der Waals surface area contributed by atoms with E-state index in [0.29, 0.717) is 37.9 Å². The summed E-state index contributed by atoms with van der Waals surface area (Å²) in [5.41, 5.74) is 7.84. The van der Waals surface area contributed by atoms with Gasteiger partial charge in [0, 0.05) is 25.3 Å². The van der Waals surface area contributed by atoms with Crippen molar-refractivity contribution in [2.24, 2.45) is 17.6 Å². The van der Waals surface area contributed by atoms with Crippen LogP contribution in [-0.4, -0.2) is 42.9 Å². The summed E-state index contributed by atoms with van der Waals surface area (Å²) in [6, 6.07) is 8.10. The molecule has 2 aliphatic rings. The first kappa shape index (κ1) is 17.0. The summed E-state index contributed by atoms with van der Waals surface area (Å²) in [4.78, 5) is 29.0. The van der Waals surface area contributed by atoms with Gasteiger partial charge in [0.15, 0.2) is 0 Å². The van der Waals surface area contributed by atoms with Gasteiger partial charge in [-0.25, -0.2) is 0 Å². The van der Waals surface area contributed by atoms with Gasteiger partial charge in [-0.3, -0.25) is 9.59 Å². The summed E-state index contributed by atoms with van der Waals surface area (Å²) < 4.78 is 0. The molecule has 0 bridgehead atoms. The second-order valence-corrected chi connectivity index (χ2v) is 7.25. The summed E-state index contributed by atoms with van der Waals surface area (Å²) in [5, 5.41) is 0. The molecule has 2 unspecified atom stereocenters. The number of amides is 2. The standard InChI is InChI=1S/C19H27N3O2/c1-13(2)15-3-5-16(6-4-15)22-10-8-17(19(22)24)18(23)21-9-7-14(11-20)12-21/h3-6,13-14,17H,7-12,20H2,1-2H3. The first-order valence-electron chi connectivity index (χ1n) is 8.91. The molecule has 1 aromatic carbocycles. The maximum absolute atomic E-state index is 12.7. The summed E-state index contributed by atoms with van der Waals surface area (Å²) >= 11 is 0. The normalized spacial score (nSPS) is 24.2. The molecule has 2 fully saturated rings. The third-order valence-electron chi connectivity index (χ3n) is 5.31. The van der Waals surface area contributed by atoms with Crippen LogP contribution in [0.15, 0.2) is 24.3 Å². The summed E-state index contributed by atoms with van der Waals surface area (Å²) in [6.07, 6.45) is 1.55. The smallest absolute Gasteiger partial charge is 0.239 e. The number of anilines is 1. The third kappa shape index (κ3) is 3.18. The number of hydrogen-bond acceptors (Lipinski definition) is 3. The van der Waals surface area contributed by atoms with Crippen LogP contribution in [0.5, 0.6) is 0 Å². The molecule has 2 amide bonds. The van der Waals surface area contributed by atoms with Crippen molar-refractivity contribution in [2.75, 3.05) is 31.1 Å². The average Bonchev–Trinajstić information content (AvgIpc) is 3.21. The fraction of sp³-hybridized carbons (Fsp3) is 0.579. The van der Waals surface area contributed by atoms with Crippen LogP contribution in [0.2, 0.25) is 0 Å². The number of carbonyl (C=O) groups is 2. The molecule has 24 heavy (non-hydrogen) atoms. The number of nitrogens with zero attached hydrogens (tertiary/aromatic N) is 2. The average molecular weight is 329 g/mol. The zero-order valence-corrected chi connectivity index (χ0v) is 14.6. The Balaban J connectivity index is 1.67. The summed E-state index contributed by atoms with van der Waals surface area (Å²) in [5.74, 6) is 0.246. The molecule has 1 aromatic rings. The summed E-state index contributed by atoms with van der Waals surface area (Å²) in [7, 11) is 0. The van der Waals surface area contributed by atoms with E-state index in [2.05, 4.69) is 26.0 Å². The predicted octanol–water partition coefficient (Wildman–Crippen LogP) is 1.97. The number of nitrogens with two attached hydrogens (primary N) is 1. The van der Waals surface area contributed by atoms with E-state index in [1.54, 1.807) is 4.90 Å². The molecule has 0 aliphatic carbocycles. The fourth-order valence-corrected chi connectivity index (χ4v) is 3.65. The van der Waals surface area contributed by atoms with Crippen LogP contribution in [0.25, 0.3) is 0 Å². The topological polar surface area (TPSA) is 66.6 Å². The molecule has 2 heterocycles. The molecular formula is C19H27N3O2. The van der Waals surface area contributed by atoms with Gasteiger partial charge in [-0.15, -0.1) is 0 Å². The second kappa shape index (κ2) is 6.93. The van der Waals surface area contributed by atoms with E-state index in [1.165, 1.54) is 5.56 Å². The van der Waals surface area contributed by atoms with Crippen molar-refractivity contribution in [3.8, 4) is 0 Å². The lowest BCUT2D eigenvalue weighted by atomic mass is 10.0. The quantitative estimate of drug-likeness (QED) is 0.859. The molecule has 0 spiro atoms. The molecule has 5 heteroatoms. The number of hydrogen-bond donors (Lipinski definition) is 1. The lowest BCUT2D eigenvalue weighted by Crippen LogP contribution is -2.39. The molecule has 2 atom stereocenters. The number of benzene rings is 1. The first-order valence-corrected chi connectivity index (χ1v) is 8.91. The Morgan fingerprint density at radius 3 is 2.50 bits per heavy atom.